The summed E-state index contributed by atoms with van der Waals surface area (Å²) in [4.78, 5) is 23.9. The standard InChI is InChI=1S/C19H20N2O2/c22-18(11-10-14-6-2-1-3-7-14)20-13-12-16-15-8-4-5-9-17(15)21-19(16)23/h1-9,16H,10-13H2,(H,20,22)(H,21,23). The van der Waals surface area contributed by atoms with Gasteiger partial charge < -0.3 is 10.6 Å². The van der Waals surface area contributed by atoms with Crippen LogP contribution in [0, 0.1) is 0 Å². The van der Waals surface area contributed by atoms with Crippen molar-refractivity contribution >= 4 is 17.5 Å². The Kier molecular flexibility index (Phi) is 4.71. The number of aryl methyl sites for hydroxylation is 1. The Bertz CT molecular complexity index is 698. The maximum Gasteiger partial charge on any atom is 0.232 e. The summed E-state index contributed by atoms with van der Waals surface area (Å²) in [7, 11) is 0. The van der Waals surface area contributed by atoms with Gasteiger partial charge in [0.15, 0.2) is 0 Å². The lowest BCUT2D eigenvalue weighted by atomic mass is 9.97. The highest BCUT2D eigenvalue weighted by atomic mass is 16.2. The Morgan fingerprint density at radius 3 is 2.61 bits per heavy atom. The number of hydrogen-bond donors (Lipinski definition) is 2. The van der Waals surface area contributed by atoms with Crippen LogP contribution in [0.3, 0.4) is 0 Å². The number of anilines is 1. The molecular weight excluding hydrogens is 288 g/mol. The highest BCUT2D eigenvalue weighted by molar-refractivity contribution is 6.02. The zero-order chi connectivity index (χ0) is 16.1. The molecule has 1 unspecified atom stereocenters. The zero-order valence-corrected chi connectivity index (χ0v) is 12.9. The molecular formula is C19H20N2O2. The smallest absolute Gasteiger partial charge is 0.232 e. The number of benzene rings is 2. The second-order valence-corrected chi connectivity index (χ2v) is 5.75. The average Bonchev–Trinajstić information content (AvgIpc) is 2.90. The number of carbonyl (C=O) groups excluding carboxylic acids is 2. The molecule has 0 aliphatic carbocycles. The van der Waals surface area contributed by atoms with E-state index >= 15 is 0 Å². The number of rotatable bonds is 6. The first-order chi connectivity index (χ1) is 11.2. The molecule has 4 nitrogen and oxygen atoms in total. The third-order valence-electron chi connectivity index (χ3n) is 4.15. The molecule has 0 radical (unpaired) electrons. The molecule has 2 aromatic rings. The summed E-state index contributed by atoms with van der Waals surface area (Å²) in [5, 5.41) is 5.79. The van der Waals surface area contributed by atoms with Crippen LogP contribution in [0.1, 0.15) is 29.9 Å². The zero-order valence-electron chi connectivity index (χ0n) is 12.9. The van der Waals surface area contributed by atoms with Crippen LogP contribution in [0.25, 0.3) is 0 Å². The Labute approximate surface area is 135 Å². The van der Waals surface area contributed by atoms with Crippen LogP contribution in [-0.4, -0.2) is 18.4 Å². The van der Waals surface area contributed by atoms with E-state index in [9.17, 15) is 9.59 Å². The molecule has 2 aromatic carbocycles. The number of fused-ring (bicyclic) bond motifs is 1. The molecule has 118 valence electrons. The van der Waals surface area contributed by atoms with Gasteiger partial charge in [0.2, 0.25) is 11.8 Å². The van der Waals surface area contributed by atoms with Gasteiger partial charge in [0.05, 0.1) is 5.92 Å². The number of carbonyl (C=O) groups is 2. The molecule has 0 saturated heterocycles. The topological polar surface area (TPSA) is 58.2 Å². The summed E-state index contributed by atoms with van der Waals surface area (Å²) in [6.07, 6.45) is 1.83. The fourth-order valence-electron chi connectivity index (χ4n) is 2.91. The van der Waals surface area contributed by atoms with Gasteiger partial charge in [0, 0.05) is 18.7 Å². The Hall–Kier alpha value is -2.62. The summed E-state index contributed by atoms with van der Waals surface area (Å²) in [5.74, 6) is -0.120. The van der Waals surface area contributed by atoms with Crippen LogP contribution in [-0.2, 0) is 16.0 Å². The predicted molar refractivity (Wildman–Crippen MR) is 90.2 cm³/mol. The molecule has 0 spiro atoms. The van der Waals surface area contributed by atoms with Crippen LogP contribution in [0.5, 0.6) is 0 Å². The molecule has 4 heteroatoms. The molecule has 23 heavy (non-hydrogen) atoms. The van der Waals surface area contributed by atoms with Crippen molar-refractivity contribution in [2.45, 2.75) is 25.2 Å². The summed E-state index contributed by atoms with van der Waals surface area (Å²) in [6.45, 7) is 0.514. The fraction of sp³-hybridized carbons (Fsp3) is 0.263. The van der Waals surface area contributed by atoms with Gasteiger partial charge in [-0.15, -0.1) is 0 Å². The second kappa shape index (κ2) is 7.09. The van der Waals surface area contributed by atoms with E-state index in [-0.39, 0.29) is 17.7 Å². The molecule has 3 rings (SSSR count). The quantitative estimate of drug-likeness (QED) is 0.862. The number of amides is 2. The van der Waals surface area contributed by atoms with Crippen LogP contribution in [0.2, 0.25) is 0 Å². The Morgan fingerprint density at radius 2 is 1.78 bits per heavy atom. The van der Waals surface area contributed by atoms with Crippen molar-refractivity contribution in [1.29, 1.82) is 0 Å². The van der Waals surface area contributed by atoms with Gasteiger partial charge in [0.25, 0.3) is 0 Å². The fourth-order valence-corrected chi connectivity index (χ4v) is 2.91. The largest absolute Gasteiger partial charge is 0.356 e. The normalized spacial score (nSPS) is 15.8. The van der Waals surface area contributed by atoms with Gasteiger partial charge in [0.1, 0.15) is 0 Å². The highest BCUT2D eigenvalue weighted by Gasteiger charge is 2.29. The Morgan fingerprint density at radius 1 is 1.04 bits per heavy atom. The second-order valence-electron chi connectivity index (χ2n) is 5.75. The minimum Gasteiger partial charge on any atom is -0.356 e. The minimum absolute atomic E-state index is 0.0183. The molecule has 1 atom stereocenters. The van der Waals surface area contributed by atoms with E-state index < -0.39 is 0 Å². The first kappa shape index (κ1) is 15.3. The van der Waals surface area contributed by atoms with Crippen molar-refractivity contribution in [2.24, 2.45) is 0 Å². The third-order valence-corrected chi connectivity index (χ3v) is 4.15. The number of hydrogen-bond acceptors (Lipinski definition) is 2. The van der Waals surface area contributed by atoms with Crippen LogP contribution < -0.4 is 10.6 Å². The van der Waals surface area contributed by atoms with E-state index in [1.165, 1.54) is 0 Å². The molecule has 2 amide bonds. The van der Waals surface area contributed by atoms with Crippen molar-refractivity contribution in [3.8, 4) is 0 Å². The van der Waals surface area contributed by atoms with Crippen LogP contribution in [0.15, 0.2) is 54.6 Å². The van der Waals surface area contributed by atoms with Crippen molar-refractivity contribution < 1.29 is 9.59 Å². The van der Waals surface area contributed by atoms with E-state index in [0.717, 1.165) is 23.2 Å². The van der Waals surface area contributed by atoms with Gasteiger partial charge >= 0.3 is 0 Å². The van der Waals surface area contributed by atoms with E-state index in [1.54, 1.807) is 0 Å². The summed E-state index contributed by atoms with van der Waals surface area (Å²) in [5.41, 5.74) is 3.07. The molecule has 0 bridgehead atoms. The maximum absolute atomic E-state index is 12.0. The van der Waals surface area contributed by atoms with E-state index in [2.05, 4.69) is 10.6 Å². The van der Waals surface area contributed by atoms with Crippen molar-refractivity contribution in [3.05, 3.63) is 65.7 Å². The van der Waals surface area contributed by atoms with Gasteiger partial charge in [-0.25, -0.2) is 0 Å². The molecule has 0 saturated carbocycles. The van der Waals surface area contributed by atoms with Gasteiger partial charge in [-0.3, -0.25) is 9.59 Å². The molecule has 1 aliphatic rings. The van der Waals surface area contributed by atoms with Crippen LogP contribution >= 0.6 is 0 Å². The monoisotopic (exact) mass is 308 g/mol. The average molecular weight is 308 g/mol. The van der Waals surface area contributed by atoms with Gasteiger partial charge in [-0.05, 0) is 30.0 Å². The van der Waals surface area contributed by atoms with Crippen LogP contribution in [0.4, 0.5) is 5.69 Å². The molecule has 1 heterocycles. The van der Waals surface area contributed by atoms with E-state index in [1.807, 2.05) is 54.6 Å². The lowest BCUT2D eigenvalue weighted by Crippen LogP contribution is -2.27. The summed E-state index contributed by atoms with van der Waals surface area (Å²) < 4.78 is 0. The predicted octanol–water partition coefficient (Wildman–Crippen LogP) is 2.86. The first-order valence-corrected chi connectivity index (χ1v) is 7.94. The molecule has 0 fully saturated rings. The van der Waals surface area contributed by atoms with Crippen molar-refractivity contribution in [3.63, 3.8) is 0 Å². The lowest BCUT2D eigenvalue weighted by molar-refractivity contribution is -0.121. The summed E-state index contributed by atoms with van der Waals surface area (Å²) >= 11 is 0. The number of nitrogens with one attached hydrogen (secondary N) is 2. The third kappa shape index (κ3) is 3.77. The summed E-state index contributed by atoms with van der Waals surface area (Å²) in [6, 6.07) is 17.7. The molecule has 2 N–H and O–H groups in total. The van der Waals surface area contributed by atoms with Crippen molar-refractivity contribution in [2.75, 3.05) is 11.9 Å². The highest BCUT2D eigenvalue weighted by Crippen LogP contribution is 2.33. The van der Waals surface area contributed by atoms with Gasteiger partial charge in [-0.2, -0.15) is 0 Å². The van der Waals surface area contributed by atoms with E-state index in [0.29, 0.717) is 19.4 Å². The number of para-hydroxylation sites is 1. The minimum atomic E-state index is -0.166. The van der Waals surface area contributed by atoms with E-state index in [4.69, 9.17) is 0 Å². The SMILES string of the molecule is O=C(CCc1ccccc1)NCCC1C(=O)Nc2ccccc21. The maximum atomic E-state index is 12.0. The van der Waals surface area contributed by atoms with Gasteiger partial charge in [-0.1, -0.05) is 48.5 Å². The Balaban J connectivity index is 1.44. The van der Waals surface area contributed by atoms with Crippen molar-refractivity contribution in [1.82, 2.24) is 5.32 Å². The first-order valence-electron chi connectivity index (χ1n) is 7.94. The molecule has 1 aliphatic heterocycles. The lowest BCUT2D eigenvalue weighted by Gasteiger charge is -2.10. The molecule has 0 aromatic heterocycles.